The Hall–Kier alpha value is -1.90. The van der Waals surface area contributed by atoms with Gasteiger partial charge in [-0.1, -0.05) is 0 Å². The number of hydrogen-bond acceptors (Lipinski definition) is 6. The van der Waals surface area contributed by atoms with Crippen LogP contribution in [0.15, 0.2) is 18.5 Å². The summed E-state index contributed by atoms with van der Waals surface area (Å²) in [5.41, 5.74) is 0. The number of amides is 1. The zero-order valence-electron chi connectivity index (χ0n) is 12.1. The predicted octanol–water partition coefficient (Wildman–Crippen LogP) is 0.500. The summed E-state index contributed by atoms with van der Waals surface area (Å²) in [6.07, 6.45) is 3.59. The van der Waals surface area contributed by atoms with Crippen LogP contribution in [0.3, 0.4) is 0 Å². The Balaban J connectivity index is 1.64. The van der Waals surface area contributed by atoms with Crippen molar-refractivity contribution in [3.05, 3.63) is 24.3 Å². The molecule has 21 heavy (non-hydrogen) atoms. The molecule has 0 fully saturated rings. The smallest absolute Gasteiger partial charge is 0.230 e. The van der Waals surface area contributed by atoms with E-state index in [0.717, 1.165) is 5.82 Å². The van der Waals surface area contributed by atoms with Gasteiger partial charge in [0, 0.05) is 18.9 Å². The Morgan fingerprint density at radius 1 is 1.48 bits per heavy atom. The average molecular weight is 309 g/mol. The van der Waals surface area contributed by atoms with Crippen molar-refractivity contribution in [3.8, 4) is 0 Å². The van der Waals surface area contributed by atoms with Crippen molar-refractivity contribution in [1.29, 1.82) is 0 Å². The van der Waals surface area contributed by atoms with E-state index in [9.17, 15) is 4.79 Å². The molecule has 114 valence electrons. The van der Waals surface area contributed by atoms with E-state index in [-0.39, 0.29) is 11.9 Å². The summed E-state index contributed by atoms with van der Waals surface area (Å²) in [7, 11) is 0. The van der Waals surface area contributed by atoms with Crippen molar-refractivity contribution in [1.82, 2.24) is 35.3 Å². The Bertz CT molecular complexity index is 552. The van der Waals surface area contributed by atoms with Gasteiger partial charge < -0.3 is 5.32 Å². The molecule has 0 saturated carbocycles. The molecule has 0 aliphatic rings. The molecule has 2 aromatic rings. The molecule has 9 heteroatoms. The lowest BCUT2D eigenvalue weighted by Gasteiger charge is -2.08. The third kappa shape index (κ3) is 4.85. The van der Waals surface area contributed by atoms with Crippen LogP contribution in [-0.4, -0.2) is 48.2 Å². The monoisotopic (exact) mass is 309 g/mol. The molecule has 0 aliphatic heterocycles. The van der Waals surface area contributed by atoms with Crippen molar-refractivity contribution < 1.29 is 4.79 Å². The fourth-order valence-electron chi connectivity index (χ4n) is 1.74. The van der Waals surface area contributed by atoms with Gasteiger partial charge in [-0.2, -0.15) is 5.10 Å². The van der Waals surface area contributed by atoms with E-state index < -0.39 is 0 Å². The minimum atomic E-state index is 0.00993. The van der Waals surface area contributed by atoms with Crippen molar-refractivity contribution in [3.63, 3.8) is 0 Å². The largest absolute Gasteiger partial charge is 0.354 e. The van der Waals surface area contributed by atoms with Gasteiger partial charge in [0.25, 0.3) is 0 Å². The summed E-state index contributed by atoms with van der Waals surface area (Å²) in [5, 5.41) is 18.5. The van der Waals surface area contributed by atoms with Gasteiger partial charge in [-0.15, -0.1) is 16.9 Å². The van der Waals surface area contributed by atoms with Gasteiger partial charge in [0.05, 0.1) is 24.1 Å². The summed E-state index contributed by atoms with van der Waals surface area (Å²) >= 11 is 1.50. The first-order valence-corrected chi connectivity index (χ1v) is 7.91. The quantitative estimate of drug-likeness (QED) is 0.763. The minimum Gasteiger partial charge on any atom is -0.354 e. The van der Waals surface area contributed by atoms with Crippen LogP contribution >= 0.6 is 11.8 Å². The highest BCUT2D eigenvalue weighted by Crippen LogP contribution is 2.12. The number of carbonyl (C=O) groups is 1. The number of rotatable bonds is 8. The first-order chi connectivity index (χ1) is 10.2. The molecule has 1 N–H and O–H groups in total. The predicted molar refractivity (Wildman–Crippen MR) is 79.6 cm³/mol. The molecule has 0 unspecified atom stereocenters. The van der Waals surface area contributed by atoms with Gasteiger partial charge in [-0.25, -0.2) is 4.68 Å². The number of hydrogen-bond donors (Lipinski definition) is 1. The van der Waals surface area contributed by atoms with Crippen LogP contribution in [0.5, 0.6) is 0 Å². The number of aromatic nitrogens is 6. The number of thioether (sulfide) groups is 1. The molecule has 2 aromatic heterocycles. The van der Waals surface area contributed by atoms with Crippen molar-refractivity contribution >= 4 is 17.7 Å². The Kier molecular flexibility index (Phi) is 5.73. The van der Waals surface area contributed by atoms with E-state index >= 15 is 0 Å². The van der Waals surface area contributed by atoms with E-state index in [4.69, 9.17) is 0 Å². The van der Waals surface area contributed by atoms with Gasteiger partial charge in [-0.3, -0.25) is 9.48 Å². The van der Waals surface area contributed by atoms with Gasteiger partial charge in [-0.05, 0) is 30.3 Å². The third-order valence-corrected chi connectivity index (χ3v) is 3.67. The summed E-state index contributed by atoms with van der Waals surface area (Å²) in [4.78, 5) is 11.7. The molecule has 0 aromatic carbocycles. The molecule has 2 rings (SSSR count). The summed E-state index contributed by atoms with van der Waals surface area (Å²) in [6, 6.07) is 2.08. The Morgan fingerprint density at radius 2 is 2.33 bits per heavy atom. The molecular weight excluding hydrogens is 290 g/mol. The second kappa shape index (κ2) is 7.77. The Morgan fingerprint density at radius 3 is 3.05 bits per heavy atom. The molecule has 8 nitrogen and oxygen atoms in total. The van der Waals surface area contributed by atoms with E-state index in [1.54, 1.807) is 15.6 Å². The molecule has 0 bridgehead atoms. The minimum absolute atomic E-state index is 0.00993. The van der Waals surface area contributed by atoms with Crippen molar-refractivity contribution in [2.45, 2.75) is 32.2 Å². The fraction of sp³-hybridized carbons (Fsp3) is 0.583. The molecular formula is C12H19N7OS. The van der Waals surface area contributed by atoms with Crippen LogP contribution in [0, 0.1) is 0 Å². The van der Waals surface area contributed by atoms with E-state index in [2.05, 4.69) is 25.9 Å². The number of tetrazole rings is 1. The molecule has 0 saturated heterocycles. The highest BCUT2D eigenvalue weighted by molar-refractivity contribution is 7.99. The zero-order valence-corrected chi connectivity index (χ0v) is 13.0. The van der Waals surface area contributed by atoms with Gasteiger partial charge >= 0.3 is 0 Å². The summed E-state index contributed by atoms with van der Waals surface area (Å²) < 4.78 is 3.55. The molecule has 0 spiro atoms. The lowest BCUT2D eigenvalue weighted by Crippen LogP contribution is -2.28. The normalized spacial score (nSPS) is 11.0. The fourth-order valence-corrected chi connectivity index (χ4v) is 2.50. The zero-order chi connectivity index (χ0) is 15.1. The first-order valence-electron chi connectivity index (χ1n) is 6.75. The van der Waals surface area contributed by atoms with Gasteiger partial charge in [0.2, 0.25) is 5.91 Å². The van der Waals surface area contributed by atoms with Gasteiger partial charge in [0.1, 0.15) is 0 Å². The number of nitrogens with one attached hydrogen (secondary N) is 1. The second-order valence-corrected chi connectivity index (χ2v) is 5.73. The van der Waals surface area contributed by atoms with Crippen molar-refractivity contribution in [2.24, 2.45) is 0 Å². The number of nitrogens with zero attached hydrogens (tertiary/aromatic N) is 6. The molecule has 0 aliphatic carbocycles. The maximum Gasteiger partial charge on any atom is 0.230 e. The van der Waals surface area contributed by atoms with Gasteiger partial charge in [0.15, 0.2) is 5.82 Å². The highest BCUT2D eigenvalue weighted by Gasteiger charge is 2.10. The standard InChI is InChI=1S/C12H19N7OS/c1-10(2)19-11(15-16-17-19)8-21-9-12(20)13-5-7-18-6-3-4-14-18/h3-4,6,10H,5,7-9H2,1-2H3,(H,13,20). The SMILES string of the molecule is CC(C)n1nnnc1CSCC(=O)NCCn1cccn1. The molecule has 0 radical (unpaired) electrons. The second-order valence-electron chi connectivity index (χ2n) is 4.75. The first kappa shape index (κ1) is 15.5. The van der Waals surface area contributed by atoms with Crippen LogP contribution in [0.25, 0.3) is 0 Å². The van der Waals surface area contributed by atoms with E-state index in [0.29, 0.717) is 24.6 Å². The van der Waals surface area contributed by atoms with Crippen LogP contribution in [-0.2, 0) is 17.1 Å². The van der Waals surface area contributed by atoms with Crippen LogP contribution in [0.2, 0.25) is 0 Å². The van der Waals surface area contributed by atoms with E-state index in [1.165, 1.54) is 11.8 Å². The Labute approximate surface area is 127 Å². The average Bonchev–Trinajstić information content (AvgIpc) is 3.09. The maximum atomic E-state index is 11.7. The molecule has 0 atom stereocenters. The highest BCUT2D eigenvalue weighted by atomic mass is 32.2. The lowest BCUT2D eigenvalue weighted by atomic mass is 10.4. The summed E-state index contributed by atoms with van der Waals surface area (Å²) in [5.74, 6) is 1.82. The van der Waals surface area contributed by atoms with Crippen LogP contribution in [0.4, 0.5) is 0 Å². The molecule has 2 heterocycles. The third-order valence-electron chi connectivity index (χ3n) is 2.74. The molecule has 1 amide bonds. The maximum absolute atomic E-state index is 11.7. The summed E-state index contributed by atoms with van der Waals surface area (Å²) in [6.45, 7) is 5.29. The number of carbonyl (C=O) groups excluding carboxylic acids is 1. The lowest BCUT2D eigenvalue weighted by molar-refractivity contribution is -0.118. The van der Waals surface area contributed by atoms with Crippen molar-refractivity contribution in [2.75, 3.05) is 12.3 Å². The van der Waals surface area contributed by atoms with Crippen LogP contribution in [0.1, 0.15) is 25.7 Å². The topological polar surface area (TPSA) is 90.5 Å². The van der Waals surface area contributed by atoms with E-state index in [1.807, 2.05) is 26.1 Å². The van der Waals surface area contributed by atoms with Crippen LogP contribution < -0.4 is 5.32 Å².